The Hall–Kier alpha value is -2.66. The molecule has 0 saturated carbocycles. The minimum absolute atomic E-state index is 0.197. The maximum atomic E-state index is 12.9. The highest BCUT2D eigenvalue weighted by Gasteiger charge is 2.44. The molecule has 1 spiro atoms. The number of hydrogen-bond acceptors (Lipinski definition) is 4. The predicted octanol–water partition coefficient (Wildman–Crippen LogP) is 3.92. The summed E-state index contributed by atoms with van der Waals surface area (Å²) in [4.78, 5) is 23.0. The van der Waals surface area contributed by atoms with Crippen LogP contribution in [0.2, 0.25) is 0 Å². The third kappa shape index (κ3) is 2.87. The van der Waals surface area contributed by atoms with Crippen LogP contribution in [-0.2, 0) is 12.8 Å². The van der Waals surface area contributed by atoms with Crippen LogP contribution in [0.1, 0.15) is 47.2 Å². The van der Waals surface area contributed by atoms with Gasteiger partial charge in [0.15, 0.2) is 5.78 Å². The Balaban J connectivity index is 1.19. The molecule has 29 heavy (non-hydrogen) atoms. The summed E-state index contributed by atoms with van der Waals surface area (Å²) in [6.07, 6.45) is 7.51. The van der Waals surface area contributed by atoms with E-state index in [-0.39, 0.29) is 11.4 Å². The lowest BCUT2D eigenvalue weighted by Gasteiger charge is -2.46. The molecule has 6 rings (SSSR count). The number of aromatic amines is 1. The molecule has 1 unspecified atom stereocenters. The lowest BCUT2D eigenvalue weighted by atomic mass is 9.80. The van der Waals surface area contributed by atoms with Crippen LogP contribution in [0.5, 0.6) is 5.75 Å². The van der Waals surface area contributed by atoms with Gasteiger partial charge in [-0.1, -0.05) is 24.3 Å². The first-order chi connectivity index (χ1) is 14.2. The van der Waals surface area contributed by atoms with E-state index < -0.39 is 0 Å². The first kappa shape index (κ1) is 17.2. The maximum absolute atomic E-state index is 12.9. The van der Waals surface area contributed by atoms with Crippen LogP contribution in [0.15, 0.2) is 42.7 Å². The van der Waals surface area contributed by atoms with Gasteiger partial charge < -0.3 is 9.72 Å². The molecule has 1 saturated heterocycles. The Morgan fingerprint density at radius 3 is 2.83 bits per heavy atom. The number of nitrogens with zero attached hydrogens (tertiary/aromatic N) is 2. The zero-order chi connectivity index (χ0) is 19.4. The second-order valence-corrected chi connectivity index (χ2v) is 8.85. The molecule has 5 heteroatoms. The van der Waals surface area contributed by atoms with Gasteiger partial charge in [0.25, 0.3) is 0 Å². The molecule has 1 aliphatic carbocycles. The molecule has 1 aromatic heterocycles. The summed E-state index contributed by atoms with van der Waals surface area (Å²) in [5.74, 6) is 0.906. The van der Waals surface area contributed by atoms with Gasteiger partial charge in [-0.25, -0.2) is 4.98 Å². The highest BCUT2D eigenvalue weighted by atomic mass is 16.5. The van der Waals surface area contributed by atoms with Gasteiger partial charge in [0, 0.05) is 38.0 Å². The molecule has 148 valence electrons. The number of aryl methyl sites for hydroxylation is 1. The van der Waals surface area contributed by atoms with Gasteiger partial charge in [0.1, 0.15) is 11.4 Å². The van der Waals surface area contributed by atoms with Crippen LogP contribution in [-0.4, -0.2) is 45.4 Å². The van der Waals surface area contributed by atoms with E-state index in [9.17, 15) is 4.79 Å². The second-order valence-electron chi connectivity index (χ2n) is 8.85. The Morgan fingerprint density at radius 2 is 1.97 bits per heavy atom. The number of aromatic nitrogens is 2. The molecule has 1 N–H and O–H groups in total. The van der Waals surface area contributed by atoms with E-state index >= 15 is 0 Å². The van der Waals surface area contributed by atoms with Crippen LogP contribution in [0.3, 0.4) is 0 Å². The first-order valence-corrected chi connectivity index (χ1v) is 10.7. The average Bonchev–Trinajstić information content (AvgIpc) is 3.20. The number of hydrogen-bond donors (Lipinski definition) is 1. The molecule has 5 nitrogen and oxygen atoms in total. The predicted molar refractivity (Wildman–Crippen MR) is 111 cm³/mol. The number of H-pyrrole nitrogens is 1. The van der Waals surface area contributed by atoms with E-state index in [0.29, 0.717) is 23.8 Å². The van der Waals surface area contributed by atoms with E-state index in [1.807, 2.05) is 12.1 Å². The van der Waals surface area contributed by atoms with Crippen molar-refractivity contribution in [2.24, 2.45) is 0 Å². The van der Waals surface area contributed by atoms with Crippen molar-refractivity contribution in [2.45, 2.75) is 50.2 Å². The Kier molecular flexibility index (Phi) is 3.81. The van der Waals surface area contributed by atoms with Crippen molar-refractivity contribution in [2.75, 3.05) is 13.1 Å². The average molecular weight is 387 g/mol. The summed E-state index contributed by atoms with van der Waals surface area (Å²) in [5.41, 5.74) is 5.11. The number of nitrogens with one attached hydrogen (secondary N) is 1. The summed E-state index contributed by atoms with van der Waals surface area (Å²) in [7, 11) is 0. The van der Waals surface area contributed by atoms with E-state index in [4.69, 9.17) is 4.74 Å². The third-order valence-electron chi connectivity index (χ3n) is 7.18. The van der Waals surface area contributed by atoms with Crippen LogP contribution < -0.4 is 4.74 Å². The molecule has 0 bridgehead atoms. The van der Waals surface area contributed by atoms with Crippen molar-refractivity contribution in [1.29, 1.82) is 0 Å². The second kappa shape index (κ2) is 6.42. The van der Waals surface area contributed by atoms with Crippen molar-refractivity contribution in [1.82, 2.24) is 14.9 Å². The molecule has 3 heterocycles. The van der Waals surface area contributed by atoms with Crippen molar-refractivity contribution in [3.05, 3.63) is 59.4 Å². The molecule has 3 aromatic rings. The van der Waals surface area contributed by atoms with Gasteiger partial charge >= 0.3 is 0 Å². The summed E-state index contributed by atoms with van der Waals surface area (Å²) in [6.45, 7) is 2.00. The smallest absolute Gasteiger partial charge is 0.170 e. The van der Waals surface area contributed by atoms with Gasteiger partial charge in [0.05, 0.1) is 29.3 Å². The van der Waals surface area contributed by atoms with Crippen LogP contribution in [0.4, 0.5) is 0 Å². The highest BCUT2D eigenvalue weighted by Crippen LogP contribution is 2.41. The number of Topliss-reactive ketones (excluding diaryl/α,β-unsaturated/α-hetero) is 1. The summed E-state index contributed by atoms with van der Waals surface area (Å²) in [5, 5.41) is 0. The van der Waals surface area contributed by atoms with Crippen molar-refractivity contribution >= 4 is 16.8 Å². The molecular weight excluding hydrogens is 362 g/mol. The zero-order valence-corrected chi connectivity index (χ0v) is 16.5. The highest BCUT2D eigenvalue weighted by molar-refractivity contribution is 6.03. The molecule has 2 aromatic carbocycles. The largest absolute Gasteiger partial charge is 0.486 e. The van der Waals surface area contributed by atoms with Crippen LogP contribution in [0, 0.1) is 0 Å². The summed E-state index contributed by atoms with van der Waals surface area (Å²) >= 11 is 0. The van der Waals surface area contributed by atoms with Gasteiger partial charge in [-0.15, -0.1) is 0 Å². The van der Waals surface area contributed by atoms with Crippen LogP contribution in [0.25, 0.3) is 11.0 Å². The number of ether oxygens (including phenoxy) is 1. The van der Waals surface area contributed by atoms with E-state index in [1.165, 1.54) is 24.0 Å². The van der Waals surface area contributed by atoms with Gasteiger partial charge in [0.2, 0.25) is 0 Å². The number of carbonyl (C=O) groups excluding carboxylic acids is 1. The number of ketones is 1. The normalized spacial score (nSPS) is 23.6. The lowest BCUT2D eigenvalue weighted by molar-refractivity contribution is -0.0199. The Bertz CT molecular complexity index is 1090. The quantitative estimate of drug-likeness (QED) is 0.688. The van der Waals surface area contributed by atoms with Gasteiger partial charge in [-0.05, 0) is 36.5 Å². The van der Waals surface area contributed by atoms with Gasteiger partial charge in [-0.2, -0.15) is 0 Å². The van der Waals surface area contributed by atoms with E-state index in [2.05, 4.69) is 39.1 Å². The number of benzene rings is 2. The molecule has 2 aliphatic heterocycles. The Morgan fingerprint density at radius 1 is 1.14 bits per heavy atom. The molecule has 1 atom stereocenters. The van der Waals surface area contributed by atoms with E-state index in [1.54, 1.807) is 6.33 Å². The third-order valence-corrected chi connectivity index (χ3v) is 7.18. The molecule has 1 fully saturated rings. The SMILES string of the molecule is O=C1CC2(CCN(C3CCc4ccccc4C3)CC2)Oc2cc3nc[nH]c3cc21. The number of piperidine rings is 1. The van der Waals surface area contributed by atoms with Crippen molar-refractivity contribution in [3.63, 3.8) is 0 Å². The minimum atomic E-state index is -0.350. The summed E-state index contributed by atoms with van der Waals surface area (Å²) in [6, 6.07) is 13.3. The summed E-state index contributed by atoms with van der Waals surface area (Å²) < 4.78 is 6.50. The number of imidazole rings is 1. The van der Waals surface area contributed by atoms with Crippen LogP contribution >= 0.6 is 0 Å². The molecular formula is C24H25N3O2. The standard InChI is InChI=1S/C24H25N3O2/c28-22-14-24(29-23-13-21-20(12-19(22)23)25-15-26-21)7-9-27(10-8-24)18-6-5-16-3-1-2-4-17(16)11-18/h1-4,12-13,15,18H,5-11,14H2,(H,25,26). The monoisotopic (exact) mass is 387 g/mol. The number of carbonyl (C=O) groups is 1. The molecule has 0 amide bonds. The number of fused-ring (bicyclic) bond motifs is 3. The lowest BCUT2D eigenvalue weighted by Crippen LogP contribution is -2.54. The number of likely N-dealkylation sites (tertiary alicyclic amines) is 1. The first-order valence-electron chi connectivity index (χ1n) is 10.7. The zero-order valence-electron chi connectivity index (χ0n) is 16.5. The fourth-order valence-corrected chi connectivity index (χ4v) is 5.49. The van der Waals surface area contributed by atoms with Crippen molar-refractivity contribution < 1.29 is 9.53 Å². The molecule has 3 aliphatic rings. The Labute approximate surface area is 170 Å². The topological polar surface area (TPSA) is 58.2 Å². The molecule has 0 radical (unpaired) electrons. The van der Waals surface area contributed by atoms with Gasteiger partial charge in [-0.3, -0.25) is 9.69 Å². The van der Waals surface area contributed by atoms with Crippen molar-refractivity contribution in [3.8, 4) is 5.75 Å². The number of rotatable bonds is 1. The maximum Gasteiger partial charge on any atom is 0.170 e. The van der Waals surface area contributed by atoms with E-state index in [0.717, 1.165) is 43.4 Å². The minimum Gasteiger partial charge on any atom is -0.486 e. The fourth-order valence-electron chi connectivity index (χ4n) is 5.49. The fraction of sp³-hybridized carbons (Fsp3) is 0.417.